The molecule has 0 aromatic heterocycles. The molecule has 3 aromatic rings. The predicted molar refractivity (Wildman–Crippen MR) is 107 cm³/mol. The van der Waals surface area contributed by atoms with Gasteiger partial charge in [-0.15, -0.1) is 0 Å². The van der Waals surface area contributed by atoms with Gasteiger partial charge in [0.1, 0.15) is 36.0 Å². The fraction of sp³-hybridized carbons (Fsp3) is 0.0909. The number of carboxylic acid groups (broad SMARTS) is 1. The molecule has 0 radical (unpaired) electrons. The number of hydrogen-bond donors (Lipinski definition) is 1. The first-order valence-corrected chi connectivity index (χ1v) is 9.06. The van der Waals surface area contributed by atoms with E-state index in [9.17, 15) is 14.7 Å². The third-order valence-electron chi connectivity index (χ3n) is 3.83. The molecule has 0 atom stereocenters. The normalized spacial score (nSPS) is 10.2. The van der Waals surface area contributed by atoms with Crippen LogP contribution in [0.4, 0.5) is 0 Å². The van der Waals surface area contributed by atoms with Crippen LogP contribution in [0.1, 0.15) is 20.7 Å². The molecular formula is C22H17ClO6. The molecule has 0 saturated carbocycles. The summed E-state index contributed by atoms with van der Waals surface area (Å²) in [6.07, 6.45) is 0. The molecule has 0 bridgehead atoms. The molecule has 3 aromatic carbocycles. The van der Waals surface area contributed by atoms with E-state index in [1.807, 2.05) is 30.3 Å². The molecule has 0 heterocycles. The van der Waals surface area contributed by atoms with Gasteiger partial charge in [0.05, 0.1) is 5.56 Å². The van der Waals surface area contributed by atoms with Gasteiger partial charge >= 0.3 is 11.9 Å². The molecular weight excluding hydrogens is 396 g/mol. The highest BCUT2D eigenvalue weighted by molar-refractivity contribution is 6.31. The van der Waals surface area contributed by atoms with Crippen LogP contribution in [0.3, 0.4) is 0 Å². The van der Waals surface area contributed by atoms with Crippen molar-refractivity contribution >= 4 is 23.5 Å². The highest BCUT2D eigenvalue weighted by Crippen LogP contribution is 2.24. The maximum Gasteiger partial charge on any atom is 0.343 e. The smallest absolute Gasteiger partial charge is 0.343 e. The van der Waals surface area contributed by atoms with Crippen LogP contribution in [0, 0.1) is 0 Å². The van der Waals surface area contributed by atoms with Crippen molar-refractivity contribution < 1.29 is 28.9 Å². The predicted octanol–water partition coefficient (Wildman–Crippen LogP) is 4.72. The van der Waals surface area contributed by atoms with Crippen LogP contribution in [-0.2, 0) is 0 Å². The third-order valence-corrected chi connectivity index (χ3v) is 4.06. The Hall–Kier alpha value is -3.51. The molecule has 3 rings (SSSR count). The quantitative estimate of drug-likeness (QED) is 0.327. The molecule has 29 heavy (non-hydrogen) atoms. The first-order valence-electron chi connectivity index (χ1n) is 8.68. The van der Waals surface area contributed by atoms with Crippen molar-refractivity contribution in [3.05, 3.63) is 88.9 Å². The standard InChI is InChI=1S/C22H17ClO6/c23-16-8-11-20(19(14-16)21(24)25)29-22(26)15-6-9-18(10-7-15)28-13-12-27-17-4-2-1-3-5-17/h1-11,14H,12-13H2,(H,24,25). The van der Waals surface area contributed by atoms with E-state index in [1.165, 1.54) is 30.3 Å². The Morgan fingerprint density at radius 1 is 0.828 bits per heavy atom. The topological polar surface area (TPSA) is 82.1 Å². The molecule has 0 aliphatic heterocycles. The minimum atomic E-state index is -1.24. The van der Waals surface area contributed by atoms with Crippen molar-refractivity contribution in [2.75, 3.05) is 13.2 Å². The summed E-state index contributed by atoms with van der Waals surface area (Å²) in [5, 5.41) is 9.44. The number of halogens is 1. The molecule has 0 aliphatic carbocycles. The molecule has 0 fully saturated rings. The Morgan fingerprint density at radius 3 is 2.07 bits per heavy atom. The lowest BCUT2D eigenvalue weighted by Crippen LogP contribution is -2.12. The second kappa shape index (κ2) is 9.61. The van der Waals surface area contributed by atoms with Crippen LogP contribution < -0.4 is 14.2 Å². The van der Waals surface area contributed by atoms with Crippen molar-refractivity contribution in [3.63, 3.8) is 0 Å². The largest absolute Gasteiger partial charge is 0.490 e. The van der Waals surface area contributed by atoms with E-state index in [2.05, 4.69) is 0 Å². The molecule has 7 heteroatoms. The Balaban J connectivity index is 1.54. The van der Waals surface area contributed by atoms with Crippen LogP contribution in [0.2, 0.25) is 5.02 Å². The summed E-state index contributed by atoms with van der Waals surface area (Å²) >= 11 is 5.79. The first-order chi connectivity index (χ1) is 14.0. The Morgan fingerprint density at radius 2 is 1.45 bits per heavy atom. The SMILES string of the molecule is O=C(Oc1ccc(Cl)cc1C(=O)O)c1ccc(OCCOc2ccccc2)cc1. The van der Waals surface area contributed by atoms with Crippen molar-refractivity contribution in [1.29, 1.82) is 0 Å². The monoisotopic (exact) mass is 412 g/mol. The number of para-hydroxylation sites is 1. The fourth-order valence-electron chi connectivity index (χ4n) is 2.44. The number of esters is 1. The van der Waals surface area contributed by atoms with E-state index in [0.29, 0.717) is 19.0 Å². The number of aromatic carboxylic acids is 1. The summed E-state index contributed by atoms with van der Waals surface area (Å²) in [5.41, 5.74) is 0.0633. The number of carbonyl (C=O) groups is 2. The lowest BCUT2D eigenvalue weighted by Gasteiger charge is -2.10. The minimum absolute atomic E-state index is 0.0784. The van der Waals surface area contributed by atoms with Crippen molar-refractivity contribution in [2.24, 2.45) is 0 Å². The van der Waals surface area contributed by atoms with E-state index < -0.39 is 11.9 Å². The lowest BCUT2D eigenvalue weighted by molar-refractivity contribution is 0.0681. The Kier molecular flexibility index (Phi) is 6.71. The summed E-state index contributed by atoms with van der Waals surface area (Å²) in [7, 11) is 0. The minimum Gasteiger partial charge on any atom is -0.490 e. The van der Waals surface area contributed by atoms with Crippen LogP contribution in [0.25, 0.3) is 0 Å². The van der Waals surface area contributed by atoms with E-state index in [4.69, 9.17) is 25.8 Å². The maximum atomic E-state index is 12.3. The molecule has 0 saturated heterocycles. The van der Waals surface area contributed by atoms with Gasteiger partial charge in [0.25, 0.3) is 0 Å². The Labute approximate surface area is 172 Å². The number of carboxylic acids is 1. The number of rotatable bonds is 8. The van der Waals surface area contributed by atoms with Gasteiger partial charge in [0.2, 0.25) is 0 Å². The average molecular weight is 413 g/mol. The number of hydrogen-bond acceptors (Lipinski definition) is 5. The van der Waals surface area contributed by atoms with E-state index in [0.717, 1.165) is 5.75 Å². The molecule has 6 nitrogen and oxygen atoms in total. The lowest BCUT2D eigenvalue weighted by atomic mass is 10.2. The molecule has 0 spiro atoms. The first kappa shape index (κ1) is 20.2. The summed E-state index contributed by atoms with van der Waals surface area (Å²) in [6.45, 7) is 0.716. The molecule has 148 valence electrons. The van der Waals surface area contributed by atoms with Gasteiger partial charge in [0, 0.05) is 5.02 Å². The molecule has 0 aliphatic rings. The molecule has 0 unspecified atom stereocenters. The number of carbonyl (C=O) groups excluding carboxylic acids is 1. The fourth-order valence-corrected chi connectivity index (χ4v) is 2.61. The molecule has 0 amide bonds. The highest BCUT2D eigenvalue weighted by atomic mass is 35.5. The molecule has 1 N–H and O–H groups in total. The van der Waals surface area contributed by atoms with E-state index >= 15 is 0 Å². The van der Waals surface area contributed by atoms with Gasteiger partial charge < -0.3 is 19.3 Å². The summed E-state index contributed by atoms with van der Waals surface area (Å²) < 4.78 is 16.3. The number of benzene rings is 3. The van der Waals surface area contributed by atoms with Crippen molar-refractivity contribution in [2.45, 2.75) is 0 Å². The summed E-state index contributed by atoms with van der Waals surface area (Å²) in [6, 6.07) is 19.7. The van der Waals surface area contributed by atoms with Gasteiger partial charge in [-0.3, -0.25) is 0 Å². The second-order valence-corrected chi connectivity index (χ2v) is 6.31. The van der Waals surface area contributed by atoms with Gasteiger partial charge in [-0.05, 0) is 54.6 Å². The van der Waals surface area contributed by atoms with Gasteiger partial charge in [0.15, 0.2) is 0 Å². The van der Waals surface area contributed by atoms with Crippen LogP contribution in [0.5, 0.6) is 17.2 Å². The second-order valence-electron chi connectivity index (χ2n) is 5.87. The highest BCUT2D eigenvalue weighted by Gasteiger charge is 2.16. The zero-order chi connectivity index (χ0) is 20.6. The van der Waals surface area contributed by atoms with E-state index in [1.54, 1.807) is 12.1 Å². The van der Waals surface area contributed by atoms with Gasteiger partial charge in [-0.1, -0.05) is 29.8 Å². The van der Waals surface area contributed by atoms with Gasteiger partial charge in [-0.2, -0.15) is 0 Å². The van der Waals surface area contributed by atoms with Crippen molar-refractivity contribution in [3.8, 4) is 17.2 Å². The summed E-state index contributed by atoms with van der Waals surface area (Å²) in [4.78, 5) is 23.6. The van der Waals surface area contributed by atoms with Crippen LogP contribution in [-0.4, -0.2) is 30.3 Å². The van der Waals surface area contributed by atoms with Crippen LogP contribution >= 0.6 is 11.6 Å². The summed E-state index contributed by atoms with van der Waals surface area (Å²) in [5.74, 6) is -0.677. The zero-order valence-electron chi connectivity index (χ0n) is 15.2. The Bertz CT molecular complexity index is 986. The maximum absolute atomic E-state index is 12.3. The van der Waals surface area contributed by atoms with Gasteiger partial charge in [-0.25, -0.2) is 9.59 Å². The average Bonchev–Trinajstić information content (AvgIpc) is 2.73. The zero-order valence-corrected chi connectivity index (χ0v) is 16.0. The van der Waals surface area contributed by atoms with Crippen LogP contribution in [0.15, 0.2) is 72.8 Å². The number of ether oxygens (including phenoxy) is 3. The third kappa shape index (κ3) is 5.73. The van der Waals surface area contributed by atoms with Crippen molar-refractivity contribution in [1.82, 2.24) is 0 Å². The van der Waals surface area contributed by atoms with E-state index in [-0.39, 0.29) is 21.9 Å².